The molecule has 0 bridgehead atoms. The van der Waals surface area contributed by atoms with E-state index in [1.807, 2.05) is 29.3 Å². The fourth-order valence-electron chi connectivity index (χ4n) is 4.75. The molecule has 0 radical (unpaired) electrons. The Bertz CT molecular complexity index is 1070. The maximum Gasteiger partial charge on any atom is 0.263 e. The zero-order valence-corrected chi connectivity index (χ0v) is 17.9. The average molecular weight is 421 g/mol. The lowest BCUT2D eigenvalue weighted by Crippen LogP contribution is -2.50. The smallest absolute Gasteiger partial charge is 0.263 e. The Kier molecular flexibility index (Phi) is 5.04. The molecule has 2 aromatic rings. The molecule has 3 aliphatic rings. The summed E-state index contributed by atoms with van der Waals surface area (Å²) in [5, 5.41) is 0. The van der Waals surface area contributed by atoms with Crippen molar-refractivity contribution in [2.24, 2.45) is 0 Å². The van der Waals surface area contributed by atoms with Crippen LogP contribution < -0.4 is 10.5 Å². The summed E-state index contributed by atoms with van der Waals surface area (Å²) in [5.41, 5.74) is 3.12. The van der Waals surface area contributed by atoms with Gasteiger partial charge in [0.05, 0.1) is 0 Å². The van der Waals surface area contributed by atoms with Gasteiger partial charge in [0, 0.05) is 64.1 Å². The fraction of sp³-hybridized carbons (Fsp3) is 0.458. The van der Waals surface area contributed by atoms with Crippen molar-refractivity contribution in [2.75, 3.05) is 37.6 Å². The first-order chi connectivity index (χ1) is 15.0. The van der Waals surface area contributed by atoms with Crippen molar-refractivity contribution in [3.05, 3.63) is 63.6 Å². The molecule has 7 heteroatoms. The van der Waals surface area contributed by atoms with Crippen molar-refractivity contribution < 1.29 is 9.59 Å². The number of hydrogen-bond donors (Lipinski definition) is 0. The minimum Gasteiger partial charge on any atom is -0.368 e. The van der Waals surface area contributed by atoms with Gasteiger partial charge in [0.15, 0.2) is 0 Å². The molecule has 0 spiro atoms. The summed E-state index contributed by atoms with van der Waals surface area (Å²) in [5.74, 6) is -0.125. The van der Waals surface area contributed by atoms with E-state index in [1.165, 1.54) is 0 Å². The third-order valence-electron chi connectivity index (χ3n) is 6.71. The van der Waals surface area contributed by atoms with Gasteiger partial charge in [-0.3, -0.25) is 14.4 Å². The first kappa shape index (κ1) is 19.8. The van der Waals surface area contributed by atoms with E-state index < -0.39 is 0 Å². The van der Waals surface area contributed by atoms with Crippen LogP contribution in [-0.4, -0.2) is 58.9 Å². The number of anilines is 1. The molecule has 3 heterocycles. The number of fused-ring (bicyclic) bond motifs is 1. The van der Waals surface area contributed by atoms with Crippen LogP contribution in [0.3, 0.4) is 0 Å². The summed E-state index contributed by atoms with van der Waals surface area (Å²) < 4.78 is 1.75. The van der Waals surface area contributed by atoms with Crippen molar-refractivity contribution in [2.45, 2.75) is 38.8 Å². The van der Waals surface area contributed by atoms with Crippen LogP contribution in [0.1, 0.15) is 47.3 Å². The molecule has 1 aromatic heterocycles. The number of aromatic nitrogens is 1. The number of amides is 2. The monoisotopic (exact) mass is 420 g/mol. The molecule has 7 nitrogen and oxygen atoms in total. The maximum absolute atomic E-state index is 13.6. The number of nitrogens with zero attached hydrogens (tertiary/aromatic N) is 4. The van der Waals surface area contributed by atoms with Gasteiger partial charge in [0.2, 0.25) is 5.91 Å². The Hall–Kier alpha value is -3.09. The van der Waals surface area contributed by atoms with Gasteiger partial charge >= 0.3 is 0 Å². The zero-order chi connectivity index (χ0) is 21.5. The summed E-state index contributed by atoms with van der Waals surface area (Å²) in [6, 6.07) is 10.4. The molecule has 0 N–H and O–H groups in total. The van der Waals surface area contributed by atoms with E-state index >= 15 is 0 Å². The predicted molar refractivity (Wildman–Crippen MR) is 118 cm³/mol. The summed E-state index contributed by atoms with van der Waals surface area (Å²) >= 11 is 0. The SMILES string of the molecule is CC(=O)N1CCc2c(cn(C3CC3)c(=O)c2C(=O)N2CCN(c3ccccc3)CC2)C1. The molecular formula is C24H28N4O3. The van der Waals surface area contributed by atoms with Crippen LogP contribution in [0.25, 0.3) is 0 Å². The summed E-state index contributed by atoms with van der Waals surface area (Å²) in [7, 11) is 0. The van der Waals surface area contributed by atoms with E-state index in [2.05, 4.69) is 17.0 Å². The number of hydrogen-bond acceptors (Lipinski definition) is 4. The number of piperazine rings is 1. The normalized spacial score (nSPS) is 18.7. The third kappa shape index (κ3) is 3.73. The van der Waals surface area contributed by atoms with Gasteiger partial charge in [0.1, 0.15) is 5.56 Å². The number of pyridine rings is 1. The molecule has 1 saturated heterocycles. The van der Waals surface area contributed by atoms with E-state index in [4.69, 9.17) is 0 Å². The summed E-state index contributed by atoms with van der Waals surface area (Å²) in [6.45, 7) is 5.29. The van der Waals surface area contributed by atoms with Crippen LogP contribution >= 0.6 is 0 Å². The molecule has 162 valence electrons. The highest BCUT2D eigenvalue weighted by Gasteiger charge is 2.34. The summed E-state index contributed by atoms with van der Waals surface area (Å²) in [6.07, 6.45) is 4.40. The van der Waals surface area contributed by atoms with Crippen LogP contribution in [0.2, 0.25) is 0 Å². The van der Waals surface area contributed by atoms with Crippen molar-refractivity contribution in [1.29, 1.82) is 0 Å². The van der Waals surface area contributed by atoms with Gasteiger partial charge in [-0.25, -0.2) is 0 Å². The van der Waals surface area contributed by atoms with Crippen LogP contribution in [0.5, 0.6) is 0 Å². The predicted octanol–water partition coefficient (Wildman–Crippen LogP) is 2.05. The third-order valence-corrected chi connectivity index (χ3v) is 6.71. The number of benzene rings is 1. The van der Waals surface area contributed by atoms with Gasteiger partial charge in [0.25, 0.3) is 11.5 Å². The number of rotatable bonds is 3. The van der Waals surface area contributed by atoms with Crippen LogP contribution in [-0.2, 0) is 17.8 Å². The molecule has 31 heavy (non-hydrogen) atoms. The molecule has 1 saturated carbocycles. The largest absolute Gasteiger partial charge is 0.368 e. The Morgan fingerprint density at radius 1 is 0.935 bits per heavy atom. The van der Waals surface area contributed by atoms with Crippen LogP contribution in [0, 0.1) is 0 Å². The van der Waals surface area contributed by atoms with Crippen molar-refractivity contribution in [3.8, 4) is 0 Å². The second kappa shape index (κ2) is 7.87. The van der Waals surface area contributed by atoms with E-state index in [9.17, 15) is 14.4 Å². The molecule has 5 rings (SSSR count). The topological polar surface area (TPSA) is 65.9 Å². The molecule has 2 aliphatic heterocycles. The number of carbonyl (C=O) groups is 2. The molecular weight excluding hydrogens is 392 g/mol. The quantitative estimate of drug-likeness (QED) is 0.762. The Balaban J connectivity index is 1.42. The lowest BCUT2D eigenvalue weighted by molar-refractivity contribution is -0.129. The maximum atomic E-state index is 13.6. The van der Waals surface area contributed by atoms with Gasteiger partial charge in [-0.2, -0.15) is 0 Å². The first-order valence-electron chi connectivity index (χ1n) is 11.1. The zero-order valence-electron chi connectivity index (χ0n) is 17.9. The standard InChI is InChI=1S/C24H28N4O3/c1-17(29)27-10-9-21-18(15-27)16-28(20-7-8-20)24(31)22(21)23(30)26-13-11-25(12-14-26)19-5-3-2-4-6-19/h2-6,16,20H,7-15H2,1H3. The van der Waals surface area contributed by atoms with Gasteiger partial charge in [-0.1, -0.05) is 18.2 Å². The highest BCUT2D eigenvalue weighted by atomic mass is 16.2. The molecule has 0 atom stereocenters. The molecule has 1 aromatic carbocycles. The summed E-state index contributed by atoms with van der Waals surface area (Å²) in [4.78, 5) is 44.7. The minimum atomic E-state index is -0.159. The molecule has 1 aliphatic carbocycles. The van der Waals surface area contributed by atoms with E-state index in [0.29, 0.717) is 38.2 Å². The molecule has 2 amide bonds. The van der Waals surface area contributed by atoms with E-state index in [0.717, 1.165) is 42.7 Å². The van der Waals surface area contributed by atoms with Gasteiger partial charge in [-0.05, 0) is 42.5 Å². The van der Waals surface area contributed by atoms with E-state index in [-0.39, 0.29) is 23.4 Å². The Morgan fingerprint density at radius 2 is 1.65 bits per heavy atom. The van der Waals surface area contributed by atoms with Crippen molar-refractivity contribution in [3.63, 3.8) is 0 Å². The highest BCUT2D eigenvalue weighted by molar-refractivity contribution is 5.96. The van der Waals surface area contributed by atoms with Gasteiger partial charge in [-0.15, -0.1) is 0 Å². The Morgan fingerprint density at radius 3 is 2.29 bits per heavy atom. The second-order valence-electron chi connectivity index (χ2n) is 8.76. The minimum absolute atomic E-state index is 0.0275. The molecule has 2 fully saturated rings. The first-order valence-corrected chi connectivity index (χ1v) is 11.1. The van der Waals surface area contributed by atoms with E-state index in [1.54, 1.807) is 16.4 Å². The second-order valence-corrected chi connectivity index (χ2v) is 8.76. The van der Waals surface area contributed by atoms with Crippen LogP contribution in [0.15, 0.2) is 41.3 Å². The Labute approximate surface area is 181 Å². The molecule has 0 unspecified atom stereocenters. The van der Waals surface area contributed by atoms with Crippen molar-refractivity contribution in [1.82, 2.24) is 14.4 Å². The number of carbonyl (C=O) groups excluding carboxylic acids is 2. The van der Waals surface area contributed by atoms with Crippen molar-refractivity contribution >= 4 is 17.5 Å². The number of para-hydroxylation sites is 1. The highest BCUT2D eigenvalue weighted by Crippen LogP contribution is 2.35. The van der Waals surface area contributed by atoms with Crippen LogP contribution in [0.4, 0.5) is 5.69 Å². The lowest BCUT2D eigenvalue weighted by Gasteiger charge is -2.37. The average Bonchev–Trinajstić information content (AvgIpc) is 3.64. The lowest BCUT2D eigenvalue weighted by atomic mass is 9.95. The fourth-order valence-corrected chi connectivity index (χ4v) is 4.75. The van der Waals surface area contributed by atoms with Gasteiger partial charge < -0.3 is 19.3 Å².